The summed E-state index contributed by atoms with van der Waals surface area (Å²) in [7, 11) is -3.79. The molecular weight excluding hydrogens is 408 g/mol. The molecule has 0 aliphatic heterocycles. The Morgan fingerprint density at radius 3 is 2.24 bits per heavy atom. The lowest BCUT2D eigenvalue weighted by atomic mass is 10.1. The largest absolute Gasteiger partial charge is 0.323 e. The summed E-state index contributed by atoms with van der Waals surface area (Å²) in [5.74, 6) is -0.310. The standard InChI is InChI=1S/C22H19ClN2O3S/c1-16-6-8-17(9-7-16)10-15-22(26)24-18-11-13-19(14-12-18)29(27,28)25-21-5-3-2-4-20(21)23/h2-15,25H,1H3,(H,24,26)/b15-10+. The van der Waals surface area contributed by atoms with E-state index in [1.165, 1.54) is 30.3 Å². The number of carbonyl (C=O) groups excluding carboxylic acids is 1. The Morgan fingerprint density at radius 1 is 0.931 bits per heavy atom. The molecule has 7 heteroatoms. The van der Waals surface area contributed by atoms with Gasteiger partial charge in [0.05, 0.1) is 15.6 Å². The summed E-state index contributed by atoms with van der Waals surface area (Å²) in [4.78, 5) is 12.1. The van der Waals surface area contributed by atoms with Crippen LogP contribution in [-0.2, 0) is 14.8 Å². The number of aryl methyl sites for hydroxylation is 1. The number of rotatable bonds is 6. The topological polar surface area (TPSA) is 75.3 Å². The molecule has 0 heterocycles. The van der Waals surface area contributed by atoms with Gasteiger partial charge in [-0.3, -0.25) is 9.52 Å². The van der Waals surface area contributed by atoms with Crippen LogP contribution in [0.15, 0.2) is 83.8 Å². The Bertz CT molecular complexity index is 1140. The van der Waals surface area contributed by atoms with Gasteiger partial charge in [0.15, 0.2) is 0 Å². The zero-order chi connectivity index (χ0) is 20.9. The van der Waals surface area contributed by atoms with Gasteiger partial charge in [-0.25, -0.2) is 8.42 Å². The molecule has 3 aromatic carbocycles. The predicted molar refractivity (Wildman–Crippen MR) is 118 cm³/mol. The van der Waals surface area contributed by atoms with E-state index >= 15 is 0 Å². The second-order valence-electron chi connectivity index (χ2n) is 6.34. The molecule has 0 aromatic heterocycles. The maximum atomic E-state index is 12.5. The fraction of sp³-hybridized carbons (Fsp3) is 0.0455. The van der Waals surface area contributed by atoms with Crippen molar-refractivity contribution in [1.29, 1.82) is 0 Å². The number of para-hydroxylation sites is 1. The van der Waals surface area contributed by atoms with Crippen molar-refractivity contribution in [3.8, 4) is 0 Å². The third-order valence-corrected chi connectivity index (χ3v) is 5.77. The number of hydrogen-bond acceptors (Lipinski definition) is 3. The first-order chi connectivity index (χ1) is 13.8. The molecule has 0 saturated carbocycles. The van der Waals surface area contributed by atoms with Crippen LogP contribution in [0, 0.1) is 6.92 Å². The molecule has 0 spiro atoms. The minimum atomic E-state index is -3.79. The second-order valence-corrected chi connectivity index (χ2v) is 8.43. The van der Waals surface area contributed by atoms with Gasteiger partial charge in [-0.2, -0.15) is 0 Å². The third-order valence-electron chi connectivity index (χ3n) is 4.05. The van der Waals surface area contributed by atoms with Crippen LogP contribution in [0.1, 0.15) is 11.1 Å². The number of nitrogens with one attached hydrogen (secondary N) is 2. The molecule has 0 unspecified atom stereocenters. The molecular formula is C22H19ClN2O3S. The molecule has 1 amide bonds. The van der Waals surface area contributed by atoms with Gasteiger partial charge in [0.2, 0.25) is 5.91 Å². The summed E-state index contributed by atoms with van der Waals surface area (Å²) < 4.78 is 27.5. The van der Waals surface area contributed by atoms with E-state index in [4.69, 9.17) is 11.6 Å². The molecule has 0 saturated heterocycles. The van der Waals surface area contributed by atoms with Crippen molar-refractivity contribution in [2.24, 2.45) is 0 Å². The van der Waals surface area contributed by atoms with Gasteiger partial charge < -0.3 is 5.32 Å². The van der Waals surface area contributed by atoms with Crippen molar-refractivity contribution in [2.45, 2.75) is 11.8 Å². The number of anilines is 2. The molecule has 3 aromatic rings. The Morgan fingerprint density at radius 2 is 1.59 bits per heavy atom. The van der Waals surface area contributed by atoms with Gasteiger partial charge in [0, 0.05) is 11.8 Å². The number of halogens is 1. The van der Waals surface area contributed by atoms with E-state index in [-0.39, 0.29) is 10.8 Å². The van der Waals surface area contributed by atoms with E-state index in [2.05, 4.69) is 10.0 Å². The number of sulfonamides is 1. The Kier molecular flexibility index (Phi) is 6.36. The number of amides is 1. The molecule has 2 N–H and O–H groups in total. The highest BCUT2D eigenvalue weighted by atomic mass is 35.5. The lowest BCUT2D eigenvalue weighted by molar-refractivity contribution is -0.111. The Labute approximate surface area is 175 Å². The highest BCUT2D eigenvalue weighted by molar-refractivity contribution is 7.92. The van der Waals surface area contributed by atoms with Gasteiger partial charge >= 0.3 is 0 Å². The first kappa shape index (κ1) is 20.6. The van der Waals surface area contributed by atoms with E-state index in [9.17, 15) is 13.2 Å². The Balaban J connectivity index is 1.65. The minimum Gasteiger partial charge on any atom is -0.323 e. The molecule has 0 aliphatic carbocycles. The van der Waals surface area contributed by atoms with Crippen molar-refractivity contribution in [1.82, 2.24) is 0 Å². The van der Waals surface area contributed by atoms with Crippen LogP contribution in [0.3, 0.4) is 0 Å². The number of hydrogen-bond donors (Lipinski definition) is 2. The van der Waals surface area contributed by atoms with E-state index in [1.807, 2.05) is 31.2 Å². The summed E-state index contributed by atoms with van der Waals surface area (Å²) in [6.07, 6.45) is 3.13. The van der Waals surface area contributed by atoms with Crippen LogP contribution in [-0.4, -0.2) is 14.3 Å². The Hall–Kier alpha value is -3.09. The maximum Gasteiger partial charge on any atom is 0.261 e. The SMILES string of the molecule is Cc1ccc(/C=C/C(=O)Nc2ccc(S(=O)(=O)Nc3ccccc3Cl)cc2)cc1. The van der Waals surface area contributed by atoms with Crippen molar-refractivity contribution >= 4 is 45.0 Å². The number of benzene rings is 3. The van der Waals surface area contributed by atoms with Crippen LogP contribution in [0.5, 0.6) is 0 Å². The quantitative estimate of drug-likeness (QED) is 0.538. The third kappa shape index (κ3) is 5.70. The first-order valence-electron chi connectivity index (χ1n) is 8.77. The monoisotopic (exact) mass is 426 g/mol. The fourth-order valence-corrected chi connectivity index (χ4v) is 3.82. The van der Waals surface area contributed by atoms with Gasteiger partial charge in [-0.15, -0.1) is 0 Å². The lowest BCUT2D eigenvalue weighted by Crippen LogP contribution is -2.13. The number of carbonyl (C=O) groups is 1. The minimum absolute atomic E-state index is 0.0608. The van der Waals surface area contributed by atoms with Gasteiger partial charge in [0.1, 0.15) is 0 Å². The van der Waals surface area contributed by atoms with Crippen LogP contribution in [0.2, 0.25) is 5.02 Å². The van der Waals surface area contributed by atoms with E-state index in [1.54, 1.807) is 30.3 Å². The van der Waals surface area contributed by atoms with Gasteiger partial charge in [0.25, 0.3) is 10.0 Å². The van der Waals surface area contributed by atoms with Crippen LogP contribution >= 0.6 is 11.6 Å². The molecule has 148 valence electrons. The van der Waals surface area contributed by atoms with Crippen molar-refractivity contribution in [3.05, 3.63) is 95.0 Å². The summed E-state index contributed by atoms with van der Waals surface area (Å²) in [5, 5.41) is 3.00. The van der Waals surface area contributed by atoms with Gasteiger partial charge in [-0.05, 0) is 55.0 Å². The highest BCUT2D eigenvalue weighted by Gasteiger charge is 2.15. The average Bonchev–Trinajstić information content (AvgIpc) is 2.70. The van der Waals surface area contributed by atoms with Crippen LogP contribution < -0.4 is 10.0 Å². The average molecular weight is 427 g/mol. The van der Waals surface area contributed by atoms with Crippen LogP contribution in [0.25, 0.3) is 6.08 Å². The molecule has 0 aliphatic rings. The molecule has 5 nitrogen and oxygen atoms in total. The van der Waals surface area contributed by atoms with E-state index < -0.39 is 10.0 Å². The summed E-state index contributed by atoms with van der Waals surface area (Å²) in [5.41, 5.74) is 2.84. The van der Waals surface area contributed by atoms with E-state index in [0.29, 0.717) is 16.4 Å². The van der Waals surface area contributed by atoms with E-state index in [0.717, 1.165) is 11.1 Å². The zero-order valence-electron chi connectivity index (χ0n) is 15.6. The summed E-state index contributed by atoms with van der Waals surface area (Å²) in [6, 6.07) is 20.2. The zero-order valence-corrected chi connectivity index (χ0v) is 17.2. The highest BCUT2D eigenvalue weighted by Crippen LogP contribution is 2.24. The normalized spacial score (nSPS) is 11.4. The molecule has 29 heavy (non-hydrogen) atoms. The fourth-order valence-electron chi connectivity index (χ4n) is 2.50. The first-order valence-corrected chi connectivity index (χ1v) is 10.6. The molecule has 0 radical (unpaired) electrons. The van der Waals surface area contributed by atoms with Crippen molar-refractivity contribution in [3.63, 3.8) is 0 Å². The summed E-state index contributed by atoms with van der Waals surface area (Å²) >= 11 is 6.00. The van der Waals surface area contributed by atoms with Crippen LogP contribution in [0.4, 0.5) is 11.4 Å². The smallest absolute Gasteiger partial charge is 0.261 e. The maximum absolute atomic E-state index is 12.5. The predicted octanol–water partition coefficient (Wildman–Crippen LogP) is 5.10. The van der Waals surface area contributed by atoms with Crippen molar-refractivity contribution < 1.29 is 13.2 Å². The second kappa shape index (κ2) is 8.94. The molecule has 0 bridgehead atoms. The molecule has 0 fully saturated rings. The lowest BCUT2D eigenvalue weighted by Gasteiger charge is -2.10. The molecule has 3 rings (SSSR count). The summed E-state index contributed by atoms with van der Waals surface area (Å²) in [6.45, 7) is 1.99. The van der Waals surface area contributed by atoms with Crippen molar-refractivity contribution in [2.75, 3.05) is 10.0 Å². The van der Waals surface area contributed by atoms with Gasteiger partial charge in [-0.1, -0.05) is 53.6 Å². The molecule has 0 atom stereocenters.